The summed E-state index contributed by atoms with van der Waals surface area (Å²) < 4.78 is 0. The normalized spacial score (nSPS) is 11.7. The second-order valence-electron chi connectivity index (χ2n) is 8.21. The molecule has 1 aliphatic heterocycles. The molecule has 0 atom stereocenters. The van der Waals surface area contributed by atoms with E-state index in [1.54, 1.807) is 12.1 Å². The van der Waals surface area contributed by atoms with E-state index in [-0.39, 0.29) is 10.6 Å². The number of nitrogens with zero attached hydrogens (tertiary/aromatic N) is 2. The van der Waals surface area contributed by atoms with Crippen LogP contribution in [0.15, 0.2) is 121 Å². The minimum absolute atomic E-state index is 0.0985. The number of nitro benzene ring substituents is 1. The van der Waals surface area contributed by atoms with Crippen LogP contribution in [0, 0.1) is 10.1 Å². The van der Waals surface area contributed by atoms with Gasteiger partial charge in [-0.3, -0.25) is 10.1 Å². The first-order valence-electron chi connectivity index (χ1n) is 11.1. The van der Waals surface area contributed by atoms with Crippen LogP contribution >= 0.6 is 0 Å². The molecule has 0 spiro atoms. The van der Waals surface area contributed by atoms with Crippen molar-refractivity contribution < 1.29 is 4.92 Å². The average Bonchev–Trinajstić information content (AvgIpc) is 3.02. The van der Waals surface area contributed by atoms with E-state index >= 15 is 0 Å². The van der Waals surface area contributed by atoms with E-state index in [0.717, 1.165) is 44.9 Å². The Morgan fingerprint density at radius 2 is 1.06 bits per heavy atom. The summed E-state index contributed by atoms with van der Waals surface area (Å²) in [5.74, 6) is 0. The molecule has 0 aromatic heterocycles. The van der Waals surface area contributed by atoms with Crippen LogP contribution < -0.4 is 4.90 Å². The van der Waals surface area contributed by atoms with E-state index < -0.39 is 0 Å². The highest BCUT2D eigenvalue weighted by Gasteiger charge is 2.29. The van der Waals surface area contributed by atoms with Crippen molar-refractivity contribution in [3.05, 3.63) is 131 Å². The van der Waals surface area contributed by atoms with Crippen molar-refractivity contribution in [2.45, 2.75) is 0 Å². The maximum atomic E-state index is 11.9. The fraction of sp³-hybridized carbons (Fsp3) is 0. The van der Waals surface area contributed by atoms with Gasteiger partial charge < -0.3 is 4.90 Å². The fourth-order valence-electron chi connectivity index (χ4n) is 4.91. The van der Waals surface area contributed by atoms with Crippen LogP contribution in [0.4, 0.5) is 22.7 Å². The highest BCUT2D eigenvalue weighted by Crippen LogP contribution is 2.53. The molecular formula is C30H20N2O2. The third kappa shape index (κ3) is 3.08. The van der Waals surface area contributed by atoms with Gasteiger partial charge in [0, 0.05) is 22.9 Å². The topological polar surface area (TPSA) is 46.4 Å². The molecule has 162 valence electrons. The highest BCUT2D eigenvalue weighted by molar-refractivity contribution is 6.07. The maximum Gasteiger partial charge on any atom is 0.277 e. The predicted molar refractivity (Wildman–Crippen MR) is 138 cm³/mol. The summed E-state index contributed by atoms with van der Waals surface area (Å²) >= 11 is 0. The van der Waals surface area contributed by atoms with E-state index in [4.69, 9.17) is 0 Å². The molecule has 6 rings (SSSR count). The summed E-state index contributed by atoms with van der Waals surface area (Å²) in [6.07, 6.45) is 0. The van der Waals surface area contributed by atoms with Crippen LogP contribution in [0.2, 0.25) is 0 Å². The summed E-state index contributed by atoms with van der Waals surface area (Å²) in [7, 11) is 0. The molecule has 0 fully saturated rings. The number of para-hydroxylation sites is 3. The van der Waals surface area contributed by atoms with Gasteiger partial charge in [-0.15, -0.1) is 0 Å². The van der Waals surface area contributed by atoms with Crippen molar-refractivity contribution in [3.8, 4) is 33.4 Å². The molecule has 0 saturated carbocycles. The number of nitro groups is 1. The number of benzene rings is 5. The molecule has 0 N–H and O–H groups in total. The summed E-state index contributed by atoms with van der Waals surface area (Å²) in [5, 5.41) is 11.9. The van der Waals surface area contributed by atoms with Crippen molar-refractivity contribution in [1.29, 1.82) is 0 Å². The second kappa shape index (κ2) is 8.01. The Hall–Kier alpha value is -4.70. The lowest BCUT2D eigenvalue weighted by Gasteiger charge is -2.28. The fourth-order valence-corrected chi connectivity index (χ4v) is 4.91. The van der Waals surface area contributed by atoms with Gasteiger partial charge in [0.1, 0.15) is 0 Å². The van der Waals surface area contributed by atoms with Gasteiger partial charge in [-0.25, -0.2) is 0 Å². The maximum absolute atomic E-state index is 11.9. The molecule has 1 heterocycles. The molecular weight excluding hydrogens is 420 g/mol. The van der Waals surface area contributed by atoms with Gasteiger partial charge in [-0.2, -0.15) is 0 Å². The Labute approximate surface area is 197 Å². The van der Waals surface area contributed by atoms with Gasteiger partial charge in [0.15, 0.2) is 0 Å². The van der Waals surface area contributed by atoms with Crippen LogP contribution in [0.3, 0.4) is 0 Å². The molecule has 5 aromatic rings. The van der Waals surface area contributed by atoms with Gasteiger partial charge in [0.25, 0.3) is 5.69 Å². The van der Waals surface area contributed by atoms with E-state index in [1.165, 1.54) is 0 Å². The molecule has 0 unspecified atom stereocenters. The zero-order chi connectivity index (χ0) is 23.1. The SMILES string of the molecule is O=[N+]([O-])c1ccccc1-c1cccc2c1-c1ccccc1-c1ccccc1N2c1ccccc1. The van der Waals surface area contributed by atoms with Crippen molar-refractivity contribution in [3.63, 3.8) is 0 Å². The zero-order valence-corrected chi connectivity index (χ0v) is 18.3. The highest BCUT2D eigenvalue weighted by atomic mass is 16.6. The third-order valence-corrected chi connectivity index (χ3v) is 6.32. The molecule has 0 saturated heterocycles. The Morgan fingerprint density at radius 1 is 0.500 bits per heavy atom. The first kappa shape index (κ1) is 19.9. The van der Waals surface area contributed by atoms with Gasteiger partial charge in [0.05, 0.1) is 21.9 Å². The lowest BCUT2D eigenvalue weighted by Crippen LogP contribution is -2.11. The van der Waals surface area contributed by atoms with Crippen LogP contribution in [0.1, 0.15) is 0 Å². The third-order valence-electron chi connectivity index (χ3n) is 6.32. The lowest BCUT2D eigenvalue weighted by molar-refractivity contribution is -0.384. The molecule has 34 heavy (non-hydrogen) atoms. The van der Waals surface area contributed by atoms with Gasteiger partial charge in [-0.1, -0.05) is 84.9 Å². The first-order chi connectivity index (χ1) is 16.7. The molecule has 0 amide bonds. The van der Waals surface area contributed by atoms with Crippen LogP contribution in [0.25, 0.3) is 33.4 Å². The zero-order valence-electron chi connectivity index (χ0n) is 18.3. The number of hydrogen-bond donors (Lipinski definition) is 0. The number of anilines is 3. The Balaban J connectivity index is 1.77. The van der Waals surface area contributed by atoms with Crippen molar-refractivity contribution in [2.24, 2.45) is 0 Å². The quantitative estimate of drug-likeness (QED) is 0.205. The van der Waals surface area contributed by atoms with Crippen LogP contribution in [-0.2, 0) is 0 Å². The second-order valence-corrected chi connectivity index (χ2v) is 8.21. The predicted octanol–water partition coefficient (Wildman–Crippen LogP) is 8.38. The molecule has 5 aromatic carbocycles. The molecule has 1 aliphatic rings. The molecule has 0 bridgehead atoms. The van der Waals surface area contributed by atoms with Gasteiger partial charge in [0.2, 0.25) is 0 Å². The number of rotatable bonds is 3. The first-order valence-corrected chi connectivity index (χ1v) is 11.1. The van der Waals surface area contributed by atoms with Crippen molar-refractivity contribution in [1.82, 2.24) is 0 Å². The number of fused-ring (bicyclic) bond motifs is 5. The summed E-state index contributed by atoms with van der Waals surface area (Å²) in [5.41, 5.74) is 8.88. The Morgan fingerprint density at radius 3 is 1.82 bits per heavy atom. The minimum Gasteiger partial charge on any atom is -0.309 e. The standard InChI is InChI=1S/C30H20N2O2/c33-32(34)28-19-9-7-15-24(28)26-17-10-20-29-30(26)25-16-5-4-13-22(25)23-14-6-8-18-27(23)31(29)21-11-2-1-3-12-21/h1-20H. The molecule has 0 radical (unpaired) electrons. The Kier molecular flexibility index (Phi) is 4.70. The summed E-state index contributed by atoms with van der Waals surface area (Å²) in [6, 6.07) is 40.0. The largest absolute Gasteiger partial charge is 0.309 e. The summed E-state index contributed by atoms with van der Waals surface area (Å²) in [4.78, 5) is 13.9. The smallest absolute Gasteiger partial charge is 0.277 e. The van der Waals surface area contributed by atoms with E-state index in [2.05, 4.69) is 53.4 Å². The Bertz CT molecular complexity index is 1540. The lowest BCUT2D eigenvalue weighted by atomic mass is 9.88. The van der Waals surface area contributed by atoms with Crippen LogP contribution in [0.5, 0.6) is 0 Å². The van der Waals surface area contributed by atoms with E-state index in [0.29, 0.717) is 5.56 Å². The average molecular weight is 441 g/mol. The molecule has 0 aliphatic carbocycles. The van der Waals surface area contributed by atoms with E-state index in [1.807, 2.05) is 60.7 Å². The monoisotopic (exact) mass is 440 g/mol. The molecule has 4 nitrogen and oxygen atoms in total. The van der Waals surface area contributed by atoms with E-state index in [9.17, 15) is 10.1 Å². The number of hydrogen-bond acceptors (Lipinski definition) is 3. The molecule has 4 heteroatoms. The van der Waals surface area contributed by atoms with Crippen molar-refractivity contribution in [2.75, 3.05) is 4.90 Å². The van der Waals surface area contributed by atoms with Gasteiger partial charge in [-0.05, 0) is 47.0 Å². The van der Waals surface area contributed by atoms with Crippen molar-refractivity contribution >= 4 is 22.7 Å². The van der Waals surface area contributed by atoms with Crippen LogP contribution in [-0.4, -0.2) is 4.92 Å². The minimum atomic E-state index is -0.305. The summed E-state index contributed by atoms with van der Waals surface area (Å²) in [6.45, 7) is 0. The van der Waals surface area contributed by atoms with Gasteiger partial charge >= 0.3 is 0 Å².